The topological polar surface area (TPSA) is 47.8 Å². The Labute approximate surface area is 183 Å². The summed E-state index contributed by atoms with van der Waals surface area (Å²) in [5.41, 5.74) is 6.29. The molecule has 0 saturated carbocycles. The van der Waals surface area contributed by atoms with Crippen LogP contribution in [0.2, 0.25) is 5.02 Å². The van der Waals surface area contributed by atoms with Crippen LogP contribution in [0.25, 0.3) is 16.7 Å². The second kappa shape index (κ2) is 7.93. The van der Waals surface area contributed by atoms with Gasteiger partial charge in [0.1, 0.15) is 0 Å². The molecule has 0 radical (unpaired) electrons. The maximum atomic E-state index is 13.2. The number of halogens is 2. The molecule has 0 bridgehead atoms. The lowest BCUT2D eigenvalue weighted by Crippen LogP contribution is -2.19. The number of pyridine rings is 3. The monoisotopic (exact) mass is 429 g/mol. The Morgan fingerprint density at radius 3 is 2.61 bits per heavy atom. The van der Waals surface area contributed by atoms with Gasteiger partial charge in [-0.15, -0.1) is 0 Å². The first-order valence-corrected chi connectivity index (χ1v) is 10.2. The van der Waals surface area contributed by atoms with Gasteiger partial charge in [-0.1, -0.05) is 29.8 Å². The second-order valence-electron chi connectivity index (χ2n) is 7.42. The highest BCUT2D eigenvalue weighted by molar-refractivity contribution is 6.30. The fraction of sp³-hybridized carbons (Fsp3) is 0.0800. The van der Waals surface area contributed by atoms with Crippen molar-refractivity contribution in [1.82, 2.24) is 14.5 Å². The van der Waals surface area contributed by atoms with Crippen LogP contribution in [-0.4, -0.2) is 14.5 Å². The molecule has 4 aromatic rings. The minimum absolute atomic E-state index is 0.0846. The Kier molecular flexibility index (Phi) is 4.96. The van der Waals surface area contributed by atoms with Crippen LogP contribution in [0, 0.1) is 5.95 Å². The normalized spacial score (nSPS) is 12.5. The van der Waals surface area contributed by atoms with E-state index in [4.69, 9.17) is 11.6 Å². The highest BCUT2D eigenvalue weighted by Crippen LogP contribution is 2.33. The zero-order chi connectivity index (χ0) is 21.4. The first-order valence-electron chi connectivity index (χ1n) is 9.83. The van der Waals surface area contributed by atoms with E-state index in [0.29, 0.717) is 18.0 Å². The Morgan fingerprint density at radius 1 is 0.968 bits per heavy atom. The predicted molar refractivity (Wildman–Crippen MR) is 119 cm³/mol. The molecule has 1 aliphatic carbocycles. The zero-order valence-electron chi connectivity index (χ0n) is 16.4. The summed E-state index contributed by atoms with van der Waals surface area (Å²) in [6, 6.07) is 16.1. The van der Waals surface area contributed by atoms with Crippen molar-refractivity contribution < 1.29 is 4.39 Å². The molecule has 31 heavy (non-hydrogen) atoms. The van der Waals surface area contributed by atoms with Gasteiger partial charge in [0.25, 0.3) is 5.56 Å². The summed E-state index contributed by atoms with van der Waals surface area (Å²) < 4.78 is 14.8. The first-order chi connectivity index (χ1) is 15.1. The summed E-state index contributed by atoms with van der Waals surface area (Å²) in [7, 11) is 0. The Bertz CT molecular complexity index is 1380. The third-order valence-corrected chi connectivity index (χ3v) is 5.60. The molecule has 6 heteroatoms. The number of benzene rings is 1. The third-order valence-electron chi connectivity index (χ3n) is 5.37. The molecule has 1 aromatic carbocycles. The minimum atomic E-state index is -0.517. The van der Waals surface area contributed by atoms with Crippen molar-refractivity contribution in [3.63, 3.8) is 0 Å². The number of nitrogens with zero attached hydrogens (tertiary/aromatic N) is 3. The molecule has 0 amide bonds. The molecule has 0 fully saturated rings. The average Bonchev–Trinajstić information content (AvgIpc) is 3.19. The van der Waals surface area contributed by atoms with Crippen molar-refractivity contribution in [2.75, 3.05) is 0 Å². The molecular formula is C25H17ClFN3O. The van der Waals surface area contributed by atoms with E-state index >= 15 is 0 Å². The summed E-state index contributed by atoms with van der Waals surface area (Å²) >= 11 is 6.05. The largest absolute Gasteiger partial charge is 0.311 e. The fourth-order valence-corrected chi connectivity index (χ4v) is 4.03. The summed E-state index contributed by atoms with van der Waals surface area (Å²) in [4.78, 5) is 21.1. The molecule has 0 N–H and O–H groups in total. The smallest absolute Gasteiger partial charge is 0.251 e. The van der Waals surface area contributed by atoms with Crippen LogP contribution < -0.4 is 5.56 Å². The van der Waals surface area contributed by atoms with Crippen LogP contribution in [0.3, 0.4) is 0 Å². The van der Waals surface area contributed by atoms with Crippen molar-refractivity contribution in [2.45, 2.75) is 13.0 Å². The Hall–Kier alpha value is -3.57. The average molecular weight is 430 g/mol. The van der Waals surface area contributed by atoms with Crippen LogP contribution in [-0.2, 0) is 13.0 Å². The van der Waals surface area contributed by atoms with Crippen molar-refractivity contribution in [2.24, 2.45) is 0 Å². The van der Waals surface area contributed by atoms with E-state index in [0.717, 1.165) is 39.1 Å². The molecule has 0 saturated heterocycles. The van der Waals surface area contributed by atoms with Gasteiger partial charge in [0.2, 0.25) is 5.95 Å². The van der Waals surface area contributed by atoms with E-state index < -0.39 is 5.95 Å². The summed E-state index contributed by atoms with van der Waals surface area (Å²) in [6.45, 7) is 0.457. The number of fused-ring (bicyclic) bond motifs is 1. The van der Waals surface area contributed by atoms with Gasteiger partial charge in [0.15, 0.2) is 0 Å². The van der Waals surface area contributed by atoms with Crippen LogP contribution in [0.15, 0.2) is 84.1 Å². The van der Waals surface area contributed by atoms with E-state index in [-0.39, 0.29) is 5.56 Å². The lowest BCUT2D eigenvalue weighted by Gasteiger charge is -2.11. The highest BCUT2D eigenvalue weighted by Gasteiger charge is 2.18. The van der Waals surface area contributed by atoms with Crippen LogP contribution in [0.4, 0.5) is 4.39 Å². The van der Waals surface area contributed by atoms with Gasteiger partial charge in [-0.3, -0.25) is 9.78 Å². The number of hydrogen-bond acceptors (Lipinski definition) is 3. The molecule has 0 unspecified atom stereocenters. The zero-order valence-corrected chi connectivity index (χ0v) is 17.2. The molecule has 3 heterocycles. The molecule has 0 atom stereocenters. The van der Waals surface area contributed by atoms with Gasteiger partial charge in [-0.25, -0.2) is 4.98 Å². The summed E-state index contributed by atoms with van der Waals surface area (Å²) in [6.07, 6.45) is 7.86. The van der Waals surface area contributed by atoms with Crippen LogP contribution >= 0.6 is 11.6 Å². The number of aromatic nitrogens is 3. The Balaban J connectivity index is 1.46. The number of rotatable bonds is 4. The van der Waals surface area contributed by atoms with Crippen molar-refractivity contribution >= 4 is 17.2 Å². The molecule has 3 aromatic heterocycles. The van der Waals surface area contributed by atoms with E-state index in [2.05, 4.69) is 16.0 Å². The van der Waals surface area contributed by atoms with Gasteiger partial charge < -0.3 is 4.57 Å². The second-order valence-corrected chi connectivity index (χ2v) is 7.86. The SMILES string of the molecule is O=c1cc(C2=CCc3ncc(-c4ccc(F)nc4)cc32)ccn1Cc1cccc(Cl)c1. The molecular weight excluding hydrogens is 413 g/mol. The van der Waals surface area contributed by atoms with E-state index in [1.807, 2.05) is 36.4 Å². The van der Waals surface area contributed by atoms with Crippen LogP contribution in [0.5, 0.6) is 0 Å². The van der Waals surface area contributed by atoms with Gasteiger partial charge in [-0.05, 0) is 53.1 Å². The first kappa shape index (κ1) is 19.4. The van der Waals surface area contributed by atoms with Crippen LogP contribution in [0.1, 0.15) is 22.4 Å². The van der Waals surface area contributed by atoms with Crippen molar-refractivity contribution in [3.8, 4) is 11.1 Å². The summed E-state index contributed by atoms with van der Waals surface area (Å²) in [5, 5.41) is 0.648. The molecule has 1 aliphatic rings. The molecule has 4 nitrogen and oxygen atoms in total. The van der Waals surface area contributed by atoms with Crippen molar-refractivity contribution in [3.05, 3.63) is 123 Å². The van der Waals surface area contributed by atoms with Gasteiger partial charge >= 0.3 is 0 Å². The lowest BCUT2D eigenvalue weighted by molar-refractivity contribution is 0.584. The standard InChI is InChI=1S/C25H17ClFN3O/c26-20-3-1-2-16(10-20)15-30-9-8-17(12-25(30)31)21-5-6-23-22(21)11-19(14-28-23)18-4-7-24(27)29-13-18/h1-5,7-14H,6,15H2. The quantitative estimate of drug-likeness (QED) is 0.422. The third kappa shape index (κ3) is 3.92. The van der Waals surface area contributed by atoms with E-state index in [1.165, 1.54) is 12.3 Å². The number of allylic oxidation sites excluding steroid dienone is 1. The molecule has 5 rings (SSSR count). The van der Waals surface area contributed by atoms with Gasteiger partial charge in [0.05, 0.1) is 12.2 Å². The lowest BCUT2D eigenvalue weighted by atomic mass is 9.99. The Morgan fingerprint density at radius 2 is 1.84 bits per heavy atom. The predicted octanol–water partition coefficient (Wildman–Crippen LogP) is 5.13. The molecule has 0 aliphatic heterocycles. The minimum Gasteiger partial charge on any atom is -0.311 e. The fourth-order valence-electron chi connectivity index (χ4n) is 3.81. The summed E-state index contributed by atoms with van der Waals surface area (Å²) in [5.74, 6) is -0.517. The highest BCUT2D eigenvalue weighted by atomic mass is 35.5. The van der Waals surface area contributed by atoms with E-state index in [1.54, 1.807) is 29.1 Å². The van der Waals surface area contributed by atoms with E-state index in [9.17, 15) is 9.18 Å². The maximum Gasteiger partial charge on any atom is 0.251 e. The maximum absolute atomic E-state index is 13.2. The molecule has 152 valence electrons. The van der Waals surface area contributed by atoms with Gasteiger partial charge in [-0.2, -0.15) is 4.39 Å². The molecule has 0 spiro atoms. The van der Waals surface area contributed by atoms with Gasteiger partial charge in [0, 0.05) is 52.8 Å². The number of hydrogen-bond donors (Lipinski definition) is 0. The van der Waals surface area contributed by atoms with Crippen molar-refractivity contribution in [1.29, 1.82) is 0 Å².